The Balaban J connectivity index is 2.63. The number of carbonyl (C=O) groups excluding carboxylic acids is 1. The summed E-state index contributed by atoms with van der Waals surface area (Å²) in [5.74, 6) is 1.65. The first-order chi connectivity index (χ1) is 8.20. The first kappa shape index (κ1) is 14.1. The Bertz CT molecular complexity index is 363. The molecule has 1 aromatic heterocycles. The summed E-state index contributed by atoms with van der Waals surface area (Å²) in [5.41, 5.74) is 1.54. The van der Waals surface area contributed by atoms with Gasteiger partial charge in [0.25, 0.3) is 0 Å². The lowest BCUT2D eigenvalue weighted by Crippen LogP contribution is -2.08. The summed E-state index contributed by atoms with van der Waals surface area (Å²) < 4.78 is 6.76. The maximum Gasteiger partial charge on any atom is 0.341 e. The van der Waals surface area contributed by atoms with E-state index >= 15 is 0 Å². The molecule has 0 aliphatic rings. The molecule has 0 N–H and O–H groups in total. The Labute approximate surface area is 107 Å². The van der Waals surface area contributed by atoms with Crippen LogP contribution in [0.5, 0.6) is 0 Å². The van der Waals surface area contributed by atoms with Crippen molar-refractivity contribution in [3.05, 3.63) is 17.5 Å². The number of aromatic nitrogens is 2. The molecule has 0 bridgehead atoms. The lowest BCUT2D eigenvalue weighted by atomic mass is 10.3. The van der Waals surface area contributed by atoms with Gasteiger partial charge in [-0.1, -0.05) is 13.3 Å². The van der Waals surface area contributed by atoms with Gasteiger partial charge >= 0.3 is 5.97 Å². The van der Waals surface area contributed by atoms with Gasteiger partial charge in [0, 0.05) is 12.8 Å². The van der Waals surface area contributed by atoms with E-state index in [0.717, 1.165) is 17.2 Å². The monoisotopic (exact) mass is 256 g/mol. The average molecular weight is 256 g/mol. The standard InChI is InChI=1S/C12H20N2O2S/c1-4-6-7-17-9-11-10(8-13-14(11)3)12(15)16-5-2/h8H,4-7,9H2,1-3H3. The Hall–Kier alpha value is -0.970. The van der Waals surface area contributed by atoms with Crippen LogP contribution in [0.1, 0.15) is 42.7 Å². The van der Waals surface area contributed by atoms with Crippen molar-refractivity contribution in [1.82, 2.24) is 9.78 Å². The molecule has 96 valence electrons. The number of aryl methyl sites for hydroxylation is 1. The van der Waals surface area contributed by atoms with Gasteiger partial charge in [-0.25, -0.2) is 4.79 Å². The third-order valence-corrected chi connectivity index (χ3v) is 3.49. The quantitative estimate of drug-likeness (QED) is 0.555. The second-order valence-electron chi connectivity index (χ2n) is 3.76. The number of unbranched alkanes of at least 4 members (excludes halogenated alkanes) is 1. The molecule has 5 heteroatoms. The minimum Gasteiger partial charge on any atom is -0.462 e. The Morgan fingerprint density at radius 2 is 2.29 bits per heavy atom. The molecular formula is C12H20N2O2S. The summed E-state index contributed by atoms with van der Waals surface area (Å²) in [4.78, 5) is 11.7. The zero-order valence-electron chi connectivity index (χ0n) is 10.7. The molecule has 4 nitrogen and oxygen atoms in total. The van der Waals surface area contributed by atoms with Gasteiger partial charge in [0.05, 0.1) is 18.5 Å². The van der Waals surface area contributed by atoms with Crippen molar-refractivity contribution in [1.29, 1.82) is 0 Å². The number of hydrogen-bond donors (Lipinski definition) is 0. The molecule has 0 aliphatic carbocycles. The van der Waals surface area contributed by atoms with Crippen molar-refractivity contribution >= 4 is 17.7 Å². The fourth-order valence-corrected chi connectivity index (χ4v) is 2.60. The highest BCUT2D eigenvalue weighted by atomic mass is 32.2. The first-order valence-electron chi connectivity index (χ1n) is 5.96. The second-order valence-corrected chi connectivity index (χ2v) is 4.86. The molecular weight excluding hydrogens is 236 g/mol. The molecule has 0 atom stereocenters. The third-order valence-electron chi connectivity index (χ3n) is 2.44. The van der Waals surface area contributed by atoms with Crippen molar-refractivity contribution in [3.8, 4) is 0 Å². The maximum atomic E-state index is 11.7. The van der Waals surface area contributed by atoms with Crippen LogP contribution in [0.4, 0.5) is 0 Å². The van der Waals surface area contributed by atoms with E-state index in [9.17, 15) is 4.79 Å². The Kier molecular flexibility index (Phi) is 6.11. The van der Waals surface area contributed by atoms with Crippen LogP contribution in [0.2, 0.25) is 0 Å². The lowest BCUT2D eigenvalue weighted by molar-refractivity contribution is 0.0525. The van der Waals surface area contributed by atoms with Crippen molar-refractivity contribution in [2.45, 2.75) is 32.4 Å². The lowest BCUT2D eigenvalue weighted by Gasteiger charge is -2.05. The average Bonchev–Trinajstić information content (AvgIpc) is 2.67. The van der Waals surface area contributed by atoms with Gasteiger partial charge in [0.1, 0.15) is 5.56 Å². The minimum absolute atomic E-state index is 0.272. The van der Waals surface area contributed by atoms with E-state index in [4.69, 9.17) is 4.74 Å². The number of nitrogens with zero attached hydrogens (tertiary/aromatic N) is 2. The highest BCUT2D eigenvalue weighted by Gasteiger charge is 2.16. The van der Waals surface area contributed by atoms with Crippen LogP contribution >= 0.6 is 11.8 Å². The summed E-state index contributed by atoms with van der Waals surface area (Å²) in [7, 11) is 1.86. The molecule has 0 aromatic carbocycles. The molecule has 0 aliphatic heterocycles. The molecule has 0 spiro atoms. The number of esters is 1. The molecule has 17 heavy (non-hydrogen) atoms. The summed E-state index contributed by atoms with van der Waals surface area (Å²) in [6.45, 7) is 4.38. The topological polar surface area (TPSA) is 44.1 Å². The van der Waals surface area contributed by atoms with Crippen LogP contribution < -0.4 is 0 Å². The number of hydrogen-bond acceptors (Lipinski definition) is 4. The van der Waals surface area contributed by atoms with Gasteiger partial charge in [-0.15, -0.1) is 0 Å². The van der Waals surface area contributed by atoms with Gasteiger partial charge in [-0.3, -0.25) is 4.68 Å². The van der Waals surface area contributed by atoms with Crippen molar-refractivity contribution in [3.63, 3.8) is 0 Å². The van der Waals surface area contributed by atoms with E-state index in [1.807, 2.05) is 25.7 Å². The summed E-state index contributed by atoms with van der Waals surface area (Å²) in [6, 6.07) is 0. The molecule has 1 rings (SSSR count). The van der Waals surface area contributed by atoms with Gasteiger partial charge in [0.15, 0.2) is 0 Å². The fourth-order valence-electron chi connectivity index (χ4n) is 1.43. The van der Waals surface area contributed by atoms with E-state index < -0.39 is 0 Å². The summed E-state index contributed by atoms with van der Waals surface area (Å²) in [5, 5.41) is 4.12. The Morgan fingerprint density at radius 3 is 2.94 bits per heavy atom. The van der Waals surface area contributed by atoms with E-state index in [1.54, 1.807) is 10.9 Å². The van der Waals surface area contributed by atoms with E-state index in [0.29, 0.717) is 12.2 Å². The molecule has 0 saturated heterocycles. The molecule has 0 amide bonds. The number of carbonyl (C=O) groups is 1. The largest absolute Gasteiger partial charge is 0.462 e. The highest BCUT2D eigenvalue weighted by molar-refractivity contribution is 7.98. The summed E-state index contributed by atoms with van der Waals surface area (Å²) in [6.07, 6.45) is 3.99. The normalized spacial score (nSPS) is 10.5. The second kappa shape index (κ2) is 7.37. The first-order valence-corrected chi connectivity index (χ1v) is 7.11. The minimum atomic E-state index is -0.272. The number of thioether (sulfide) groups is 1. The van der Waals surface area contributed by atoms with Gasteiger partial charge in [-0.2, -0.15) is 16.9 Å². The third kappa shape index (κ3) is 4.07. The van der Waals surface area contributed by atoms with Crippen LogP contribution in [0.15, 0.2) is 6.20 Å². The Morgan fingerprint density at radius 1 is 1.53 bits per heavy atom. The van der Waals surface area contributed by atoms with Crippen LogP contribution in [-0.2, 0) is 17.5 Å². The zero-order valence-corrected chi connectivity index (χ0v) is 11.5. The van der Waals surface area contributed by atoms with E-state index in [1.165, 1.54) is 12.8 Å². The fraction of sp³-hybridized carbons (Fsp3) is 0.667. The van der Waals surface area contributed by atoms with Crippen LogP contribution in [0, 0.1) is 0 Å². The number of ether oxygens (including phenoxy) is 1. The summed E-state index contributed by atoms with van der Waals surface area (Å²) >= 11 is 1.83. The van der Waals surface area contributed by atoms with Crippen LogP contribution in [0.25, 0.3) is 0 Å². The maximum absolute atomic E-state index is 11.7. The molecule has 0 unspecified atom stereocenters. The van der Waals surface area contributed by atoms with Gasteiger partial charge in [0.2, 0.25) is 0 Å². The predicted octanol–water partition coefficient (Wildman–Crippen LogP) is 2.63. The molecule has 0 saturated carbocycles. The zero-order chi connectivity index (χ0) is 12.7. The predicted molar refractivity (Wildman–Crippen MR) is 70.2 cm³/mol. The smallest absolute Gasteiger partial charge is 0.341 e. The van der Waals surface area contributed by atoms with Crippen molar-refractivity contribution in [2.24, 2.45) is 7.05 Å². The van der Waals surface area contributed by atoms with Gasteiger partial charge < -0.3 is 4.74 Å². The molecule has 0 radical (unpaired) electrons. The molecule has 1 aromatic rings. The number of rotatable bonds is 7. The molecule has 0 fully saturated rings. The van der Waals surface area contributed by atoms with Crippen molar-refractivity contribution < 1.29 is 9.53 Å². The van der Waals surface area contributed by atoms with Crippen molar-refractivity contribution in [2.75, 3.05) is 12.4 Å². The van der Waals surface area contributed by atoms with E-state index in [2.05, 4.69) is 12.0 Å². The van der Waals surface area contributed by atoms with Gasteiger partial charge in [-0.05, 0) is 19.1 Å². The van der Waals surface area contributed by atoms with Crippen LogP contribution in [0.3, 0.4) is 0 Å². The van der Waals surface area contributed by atoms with Crippen LogP contribution in [-0.4, -0.2) is 28.1 Å². The SMILES string of the molecule is CCCCSCc1c(C(=O)OCC)cnn1C. The highest BCUT2D eigenvalue weighted by Crippen LogP contribution is 2.18. The molecule has 1 heterocycles. The van der Waals surface area contributed by atoms with E-state index in [-0.39, 0.29) is 5.97 Å².